The smallest absolute Gasteiger partial charge is 0.251 e. The summed E-state index contributed by atoms with van der Waals surface area (Å²) >= 11 is 0. The van der Waals surface area contributed by atoms with Crippen molar-refractivity contribution in [2.75, 3.05) is 11.3 Å². The molecule has 1 aromatic carbocycles. The molecule has 1 amide bonds. The number of imidazole rings is 1. The first-order valence-electron chi connectivity index (χ1n) is 9.06. The number of carbonyl (C=O) groups is 1. The van der Waals surface area contributed by atoms with Crippen molar-refractivity contribution in [3.05, 3.63) is 60.0 Å². The minimum absolute atomic E-state index is 0.0332. The zero-order chi connectivity index (χ0) is 21.5. The largest absolute Gasteiger partial charge is 0.490 e. The Morgan fingerprint density at radius 3 is 2.93 bits per heavy atom. The molecule has 0 fully saturated rings. The van der Waals surface area contributed by atoms with E-state index in [1.807, 2.05) is 18.2 Å². The number of hydrogen-bond donors (Lipinski definition) is 5. The molecule has 0 unspecified atom stereocenters. The van der Waals surface area contributed by atoms with Crippen LogP contribution in [-0.2, 0) is 0 Å². The van der Waals surface area contributed by atoms with E-state index in [0.29, 0.717) is 28.2 Å². The lowest BCUT2D eigenvalue weighted by Gasteiger charge is -2.34. The molecule has 0 aliphatic carbocycles. The van der Waals surface area contributed by atoms with E-state index in [-0.39, 0.29) is 18.3 Å². The molecule has 4 rings (SSSR count). The highest BCUT2D eigenvalue weighted by Crippen LogP contribution is 2.46. The fraction of sp³-hybridized carbons (Fsp3) is 0.211. The van der Waals surface area contributed by atoms with Crippen LogP contribution in [0.1, 0.15) is 29.8 Å². The minimum atomic E-state index is -3.37. The number of ether oxygens (including phenoxy) is 1. The molecule has 3 aromatic rings. The number of benzene rings is 1. The number of nitrogens with one attached hydrogen (secondary N) is 2. The van der Waals surface area contributed by atoms with E-state index in [9.17, 15) is 13.9 Å². The summed E-state index contributed by atoms with van der Waals surface area (Å²) in [5.74, 6) is 0.132. The van der Waals surface area contributed by atoms with Gasteiger partial charge in [-0.2, -0.15) is 0 Å². The van der Waals surface area contributed by atoms with E-state index >= 15 is 0 Å². The maximum absolute atomic E-state index is 12.7. The number of anilines is 1. The Labute approximate surface area is 174 Å². The average Bonchev–Trinajstić information content (AvgIpc) is 3.12. The van der Waals surface area contributed by atoms with Crippen LogP contribution in [0.2, 0.25) is 0 Å². The highest BCUT2D eigenvalue weighted by molar-refractivity contribution is 8.24. The second-order valence-electron chi connectivity index (χ2n) is 7.51. The van der Waals surface area contributed by atoms with Crippen LogP contribution in [0.5, 0.6) is 5.75 Å². The third-order valence-electron chi connectivity index (χ3n) is 4.46. The van der Waals surface area contributed by atoms with Crippen LogP contribution in [0.3, 0.4) is 0 Å². The van der Waals surface area contributed by atoms with E-state index in [2.05, 4.69) is 19.4 Å². The van der Waals surface area contributed by atoms with Gasteiger partial charge < -0.3 is 20.2 Å². The van der Waals surface area contributed by atoms with Crippen molar-refractivity contribution in [1.29, 1.82) is 0 Å². The van der Waals surface area contributed by atoms with Gasteiger partial charge in [-0.15, -0.1) is 4.40 Å². The molecule has 10 nitrogen and oxygen atoms in total. The van der Waals surface area contributed by atoms with Crippen LogP contribution >= 0.6 is 11.0 Å². The standard InChI is InChI=1S/C19H22N6O4S/c1-19(2,22-18(26)12-6-8-25-9-7-21-15(25)10-12)11-29-14-5-3-4-13-16(14)17(20)24-30(27,28)23-13/h3-10,23,27-28H,11H2,1-2H3,(H2,20,24)(H,22,26). The first kappa shape index (κ1) is 20.0. The average molecular weight is 430 g/mol. The molecular formula is C19H22N6O4S. The fourth-order valence-corrected chi connectivity index (χ4v) is 3.96. The Balaban J connectivity index is 1.47. The van der Waals surface area contributed by atoms with Crippen molar-refractivity contribution in [3.8, 4) is 5.75 Å². The van der Waals surface area contributed by atoms with Gasteiger partial charge in [0, 0.05) is 24.2 Å². The van der Waals surface area contributed by atoms with Gasteiger partial charge in [-0.05, 0) is 49.1 Å². The topological polar surface area (TPSA) is 146 Å². The summed E-state index contributed by atoms with van der Waals surface area (Å²) in [6.07, 6.45) is 5.24. The van der Waals surface area contributed by atoms with Crippen LogP contribution in [0.25, 0.3) is 5.65 Å². The highest BCUT2D eigenvalue weighted by atomic mass is 32.3. The minimum Gasteiger partial charge on any atom is -0.490 e. The number of rotatable bonds is 5. The maximum atomic E-state index is 12.7. The zero-order valence-electron chi connectivity index (χ0n) is 16.4. The lowest BCUT2D eigenvalue weighted by atomic mass is 10.1. The number of nitrogens with two attached hydrogens (primary N) is 1. The molecule has 1 aliphatic heterocycles. The molecule has 2 aromatic heterocycles. The molecule has 158 valence electrons. The number of fused-ring (bicyclic) bond motifs is 2. The molecule has 0 atom stereocenters. The summed E-state index contributed by atoms with van der Waals surface area (Å²) in [6, 6.07) is 8.47. The lowest BCUT2D eigenvalue weighted by molar-refractivity contribution is 0.0880. The molecule has 0 radical (unpaired) electrons. The van der Waals surface area contributed by atoms with Crippen LogP contribution < -0.4 is 20.5 Å². The van der Waals surface area contributed by atoms with Crippen molar-refractivity contribution in [2.45, 2.75) is 19.4 Å². The van der Waals surface area contributed by atoms with Crippen LogP contribution in [0.15, 0.2) is 53.3 Å². The Morgan fingerprint density at radius 2 is 2.13 bits per heavy atom. The number of amides is 1. The van der Waals surface area contributed by atoms with Gasteiger partial charge in [0.25, 0.3) is 5.91 Å². The molecule has 0 spiro atoms. The van der Waals surface area contributed by atoms with E-state index in [1.165, 1.54) is 0 Å². The van der Waals surface area contributed by atoms with Crippen molar-refractivity contribution >= 4 is 34.0 Å². The molecule has 11 heteroatoms. The molecular weight excluding hydrogens is 408 g/mol. The van der Waals surface area contributed by atoms with Crippen molar-refractivity contribution in [1.82, 2.24) is 14.7 Å². The quantitative estimate of drug-likeness (QED) is 0.418. The lowest BCUT2D eigenvalue weighted by Crippen LogP contribution is -2.48. The Morgan fingerprint density at radius 1 is 1.33 bits per heavy atom. The van der Waals surface area contributed by atoms with E-state index in [0.717, 1.165) is 0 Å². The van der Waals surface area contributed by atoms with Gasteiger partial charge in [-0.3, -0.25) is 18.6 Å². The summed E-state index contributed by atoms with van der Waals surface area (Å²) < 4.78 is 33.5. The number of carbonyl (C=O) groups excluding carboxylic acids is 1. The predicted octanol–water partition coefficient (Wildman–Crippen LogP) is 2.63. The van der Waals surface area contributed by atoms with Gasteiger partial charge in [0.1, 0.15) is 18.0 Å². The van der Waals surface area contributed by atoms with E-state index in [1.54, 1.807) is 48.9 Å². The first-order valence-corrected chi connectivity index (χ1v) is 10.6. The third-order valence-corrected chi connectivity index (χ3v) is 5.40. The van der Waals surface area contributed by atoms with Gasteiger partial charge in [-0.1, -0.05) is 6.07 Å². The molecule has 0 bridgehead atoms. The number of nitrogens with zero attached hydrogens (tertiary/aromatic N) is 3. The maximum Gasteiger partial charge on any atom is 0.251 e. The Bertz CT molecular complexity index is 1160. The molecule has 6 N–H and O–H groups in total. The number of hydrogen-bond acceptors (Lipinski definition) is 8. The second kappa shape index (κ2) is 7.20. The SMILES string of the molecule is CC(C)(COc1cccc2c1C(N)=NS(O)(O)N2)NC(=O)c1ccn2ccnc2c1. The summed E-state index contributed by atoms with van der Waals surface area (Å²) in [7, 11) is -3.37. The Hall–Kier alpha value is -3.28. The summed E-state index contributed by atoms with van der Waals surface area (Å²) in [6.45, 7) is 3.81. The summed E-state index contributed by atoms with van der Waals surface area (Å²) in [5, 5.41) is 2.95. The molecule has 30 heavy (non-hydrogen) atoms. The van der Waals surface area contributed by atoms with Gasteiger partial charge in [0.05, 0.1) is 16.8 Å². The first-order chi connectivity index (χ1) is 14.1. The number of pyridine rings is 1. The molecule has 0 saturated heterocycles. The second-order valence-corrected chi connectivity index (χ2v) is 8.94. The van der Waals surface area contributed by atoms with Crippen molar-refractivity contribution in [2.24, 2.45) is 10.1 Å². The number of amidine groups is 1. The van der Waals surface area contributed by atoms with Crippen LogP contribution in [0, 0.1) is 0 Å². The molecule has 3 heterocycles. The van der Waals surface area contributed by atoms with Gasteiger partial charge in [0.2, 0.25) is 0 Å². The van der Waals surface area contributed by atoms with Crippen molar-refractivity contribution in [3.63, 3.8) is 0 Å². The zero-order valence-corrected chi connectivity index (χ0v) is 17.2. The van der Waals surface area contributed by atoms with Gasteiger partial charge in [-0.25, -0.2) is 4.98 Å². The third kappa shape index (κ3) is 4.03. The van der Waals surface area contributed by atoms with Crippen LogP contribution in [-0.4, -0.2) is 42.4 Å². The van der Waals surface area contributed by atoms with Gasteiger partial charge >= 0.3 is 0 Å². The normalized spacial score (nSPS) is 16.2. The predicted molar refractivity (Wildman–Crippen MR) is 116 cm³/mol. The van der Waals surface area contributed by atoms with Crippen LogP contribution in [0.4, 0.5) is 5.69 Å². The molecule has 1 aliphatic rings. The Kier molecular flexibility index (Phi) is 4.80. The molecule has 0 saturated carbocycles. The summed E-state index contributed by atoms with van der Waals surface area (Å²) in [4.78, 5) is 16.9. The van der Waals surface area contributed by atoms with E-state index in [4.69, 9.17) is 10.5 Å². The monoisotopic (exact) mass is 430 g/mol. The highest BCUT2D eigenvalue weighted by Gasteiger charge is 2.27. The van der Waals surface area contributed by atoms with Gasteiger partial charge in [0.15, 0.2) is 5.84 Å². The summed E-state index contributed by atoms with van der Waals surface area (Å²) in [5.41, 5.74) is 7.22. The van der Waals surface area contributed by atoms with Crippen molar-refractivity contribution < 1.29 is 18.6 Å². The van der Waals surface area contributed by atoms with E-state index < -0.39 is 16.5 Å². The fourth-order valence-electron chi connectivity index (χ4n) is 3.08. The number of aromatic nitrogens is 2.